The highest BCUT2D eigenvalue weighted by molar-refractivity contribution is 5.70. The average molecular weight is 157 g/mol. The minimum atomic E-state index is -0.622. The van der Waals surface area contributed by atoms with E-state index >= 15 is 0 Å². The summed E-state index contributed by atoms with van der Waals surface area (Å²) in [6.07, 6.45) is 3.00. The molecule has 2 N–H and O–H groups in total. The van der Waals surface area contributed by atoms with E-state index in [1.807, 2.05) is 7.05 Å². The first-order valence-corrected chi connectivity index (χ1v) is 4.13. The Balaban J connectivity index is 2.44. The van der Waals surface area contributed by atoms with Crippen molar-refractivity contribution >= 4 is 5.97 Å². The maximum atomic E-state index is 10.7. The molecule has 0 aromatic heterocycles. The number of carbonyl (C=O) groups is 1. The Labute approximate surface area is 66.8 Å². The van der Waals surface area contributed by atoms with E-state index in [9.17, 15) is 4.79 Å². The summed E-state index contributed by atoms with van der Waals surface area (Å²) in [7, 11) is 1.87. The van der Waals surface area contributed by atoms with Crippen LogP contribution in [0.1, 0.15) is 19.3 Å². The van der Waals surface area contributed by atoms with E-state index in [1.54, 1.807) is 0 Å². The Morgan fingerprint density at radius 3 is 2.91 bits per heavy atom. The van der Waals surface area contributed by atoms with E-state index in [2.05, 4.69) is 5.32 Å². The molecule has 0 aromatic rings. The van der Waals surface area contributed by atoms with Crippen molar-refractivity contribution in [2.75, 3.05) is 13.6 Å². The van der Waals surface area contributed by atoms with Gasteiger partial charge in [-0.1, -0.05) is 6.42 Å². The number of nitrogens with one attached hydrogen (secondary N) is 1. The third-order valence-electron chi connectivity index (χ3n) is 2.44. The van der Waals surface area contributed by atoms with Crippen molar-refractivity contribution in [3.63, 3.8) is 0 Å². The summed E-state index contributed by atoms with van der Waals surface area (Å²) in [6, 6.07) is 0. The van der Waals surface area contributed by atoms with Gasteiger partial charge in [0.15, 0.2) is 0 Å². The van der Waals surface area contributed by atoms with Crippen molar-refractivity contribution in [3.8, 4) is 0 Å². The Morgan fingerprint density at radius 2 is 2.36 bits per heavy atom. The monoisotopic (exact) mass is 157 g/mol. The van der Waals surface area contributed by atoms with E-state index in [4.69, 9.17) is 5.11 Å². The van der Waals surface area contributed by atoms with Gasteiger partial charge in [0.2, 0.25) is 0 Å². The SMILES string of the molecule is CNC[C@@H]1CCC[C@@H]1C(=O)O. The van der Waals surface area contributed by atoms with E-state index in [0.29, 0.717) is 5.92 Å². The van der Waals surface area contributed by atoms with Crippen molar-refractivity contribution in [3.05, 3.63) is 0 Å². The highest BCUT2D eigenvalue weighted by Crippen LogP contribution is 2.31. The summed E-state index contributed by atoms with van der Waals surface area (Å²) in [5.74, 6) is -0.359. The molecule has 1 rings (SSSR count). The summed E-state index contributed by atoms with van der Waals surface area (Å²) in [6.45, 7) is 0.844. The van der Waals surface area contributed by atoms with Gasteiger partial charge in [-0.2, -0.15) is 0 Å². The lowest BCUT2D eigenvalue weighted by Gasteiger charge is -2.14. The fourth-order valence-corrected chi connectivity index (χ4v) is 1.87. The third kappa shape index (κ3) is 1.93. The van der Waals surface area contributed by atoms with Gasteiger partial charge in [0.05, 0.1) is 5.92 Å². The first kappa shape index (κ1) is 8.53. The van der Waals surface area contributed by atoms with Gasteiger partial charge in [-0.05, 0) is 32.4 Å². The van der Waals surface area contributed by atoms with E-state index in [1.165, 1.54) is 0 Å². The molecule has 1 aliphatic rings. The smallest absolute Gasteiger partial charge is 0.306 e. The van der Waals surface area contributed by atoms with Crippen LogP contribution in [0, 0.1) is 11.8 Å². The molecule has 0 aromatic carbocycles. The van der Waals surface area contributed by atoms with E-state index in [0.717, 1.165) is 25.8 Å². The molecular formula is C8H15NO2. The van der Waals surface area contributed by atoms with Crippen LogP contribution in [0.15, 0.2) is 0 Å². The molecule has 0 spiro atoms. The Kier molecular flexibility index (Phi) is 2.88. The fourth-order valence-electron chi connectivity index (χ4n) is 1.87. The van der Waals surface area contributed by atoms with Gasteiger partial charge < -0.3 is 10.4 Å². The molecule has 1 saturated carbocycles. The predicted molar refractivity (Wildman–Crippen MR) is 42.4 cm³/mol. The number of hydrogen-bond acceptors (Lipinski definition) is 2. The lowest BCUT2D eigenvalue weighted by atomic mass is 9.96. The van der Waals surface area contributed by atoms with Crippen LogP contribution in [0.3, 0.4) is 0 Å². The van der Waals surface area contributed by atoms with E-state index < -0.39 is 5.97 Å². The topological polar surface area (TPSA) is 49.3 Å². The molecule has 3 nitrogen and oxygen atoms in total. The summed E-state index contributed by atoms with van der Waals surface area (Å²) in [5, 5.41) is 11.8. The van der Waals surface area contributed by atoms with Crippen LogP contribution in [-0.4, -0.2) is 24.7 Å². The number of hydrogen-bond donors (Lipinski definition) is 2. The predicted octanol–water partition coefficient (Wildman–Crippen LogP) is 0.707. The molecule has 2 atom stereocenters. The lowest BCUT2D eigenvalue weighted by Crippen LogP contribution is -2.26. The molecule has 1 fully saturated rings. The quantitative estimate of drug-likeness (QED) is 0.634. The second kappa shape index (κ2) is 3.72. The highest BCUT2D eigenvalue weighted by Gasteiger charge is 2.31. The molecule has 0 aliphatic heterocycles. The normalized spacial score (nSPS) is 30.6. The molecule has 0 heterocycles. The maximum Gasteiger partial charge on any atom is 0.306 e. The van der Waals surface area contributed by atoms with Crippen molar-refractivity contribution < 1.29 is 9.90 Å². The lowest BCUT2D eigenvalue weighted by molar-refractivity contribution is -0.142. The molecule has 1 aliphatic carbocycles. The summed E-state index contributed by atoms with van der Waals surface area (Å²) in [5.41, 5.74) is 0. The van der Waals surface area contributed by atoms with Gasteiger partial charge in [-0.15, -0.1) is 0 Å². The minimum absolute atomic E-state index is 0.0950. The molecular weight excluding hydrogens is 142 g/mol. The Bertz CT molecular complexity index is 147. The van der Waals surface area contributed by atoms with Crippen molar-refractivity contribution in [2.45, 2.75) is 19.3 Å². The van der Waals surface area contributed by atoms with Gasteiger partial charge in [0, 0.05) is 0 Å². The van der Waals surface area contributed by atoms with Crippen molar-refractivity contribution in [1.82, 2.24) is 5.32 Å². The molecule has 0 saturated heterocycles. The summed E-state index contributed by atoms with van der Waals surface area (Å²) >= 11 is 0. The van der Waals surface area contributed by atoms with E-state index in [-0.39, 0.29) is 5.92 Å². The first-order chi connectivity index (χ1) is 5.25. The minimum Gasteiger partial charge on any atom is -0.481 e. The Morgan fingerprint density at radius 1 is 1.64 bits per heavy atom. The van der Waals surface area contributed by atoms with Gasteiger partial charge in [0.25, 0.3) is 0 Å². The largest absolute Gasteiger partial charge is 0.481 e. The van der Waals surface area contributed by atoms with Crippen LogP contribution >= 0.6 is 0 Å². The van der Waals surface area contributed by atoms with Crippen LogP contribution in [0.25, 0.3) is 0 Å². The van der Waals surface area contributed by atoms with Crippen LogP contribution in [0.5, 0.6) is 0 Å². The second-order valence-electron chi connectivity index (χ2n) is 3.19. The molecule has 3 heteroatoms. The zero-order valence-electron chi connectivity index (χ0n) is 6.84. The molecule has 0 amide bonds. The molecule has 64 valence electrons. The average Bonchev–Trinajstić information content (AvgIpc) is 2.36. The second-order valence-corrected chi connectivity index (χ2v) is 3.19. The third-order valence-corrected chi connectivity index (χ3v) is 2.44. The van der Waals surface area contributed by atoms with Gasteiger partial charge in [-0.25, -0.2) is 0 Å². The molecule has 0 unspecified atom stereocenters. The number of carboxylic acids is 1. The number of carboxylic acid groups (broad SMARTS) is 1. The zero-order chi connectivity index (χ0) is 8.27. The van der Waals surface area contributed by atoms with Crippen LogP contribution < -0.4 is 5.32 Å². The van der Waals surface area contributed by atoms with Gasteiger partial charge in [-0.3, -0.25) is 4.79 Å². The molecule has 0 radical (unpaired) electrons. The first-order valence-electron chi connectivity index (χ1n) is 4.13. The summed E-state index contributed by atoms with van der Waals surface area (Å²) < 4.78 is 0. The molecule has 0 bridgehead atoms. The van der Waals surface area contributed by atoms with Crippen LogP contribution in [-0.2, 0) is 4.79 Å². The van der Waals surface area contributed by atoms with Crippen molar-refractivity contribution in [2.24, 2.45) is 11.8 Å². The Hall–Kier alpha value is -0.570. The highest BCUT2D eigenvalue weighted by atomic mass is 16.4. The molecule has 11 heavy (non-hydrogen) atoms. The number of rotatable bonds is 3. The number of aliphatic carboxylic acids is 1. The van der Waals surface area contributed by atoms with Gasteiger partial charge in [0.1, 0.15) is 0 Å². The fraction of sp³-hybridized carbons (Fsp3) is 0.875. The van der Waals surface area contributed by atoms with Gasteiger partial charge >= 0.3 is 5.97 Å². The van der Waals surface area contributed by atoms with Crippen molar-refractivity contribution in [1.29, 1.82) is 0 Å². The maximum absolute atomic E-state index is 10.7. The van der Waals surface area contributed by atoms with Crippen LogP contribution in [0.4, 0.5) is 0 Å². The standard InChI is InChI=1S/C8H15NO2/c1-9-5-6-3-2-4-7(6)8(10)11/h6-7,9H,2-5H2,1H3,(H,10,11)/t6-,7-/m0/s1. The summed E-state index contributed by atoms with van der Waals surface area (Å²) in [4.78, 5) is 10.7. The van der Waals surface area contributed by atoms with Crippen LogP contribution in [0.2, 0.25) is 0 Å². The zero-order valence-corrected chi connectivity index (χ0v) is 6.84.